The molecule has 2 aliphatic heterocycles. The monoisotopic (exact) mass is 495 g/mol. The Morgan fingerprint density at radius 2 is 1.50 bits per heavy atom. The van der Waals surface area contributed by atoms with E-state index in [0.717, 1.165) is 42.6 Å². The molecule has 0 atom stereocenters. The Morgan fingerprint density at radius 3 is 2.08 bits per heavy atom. The quantitative estimate of drug-likeness (QED) is 0.490. The second kappa shape index (κ2) is 9.85. The van der Waals surface area contributed by atoms with Crippen molar-refractivity contribution < 1.29 is 22.7 Å². The molecule has 1 N–H and O–H groups in total. The average Bonchev–Trinajstić information content (AvgIpc) is 3.23. The van der Waals surface area contributed by atoms with Crippen LogP contribution in [0.25, 0.3) is 0 Å². The van der Waals surface area contributed by atoms with Gasteiger partial charge in [0.25, 0.3) is 0 Å². The zero-order valence-electron chi connectivity index (χ0n) is 19.7. The average molecular weight is 496 g/mol. The van der Waals surface area contributed by atoms with Crippen molar-refractivity contribution in [1.29, 1.82) is 0 Å². The van der Waals surface area contributed by atoms with Gasteiger partial charge in [-0.1, -0.05) is 72.8 Å². The highest BCUT2D eigenvalue weighted by molar-refractivity contribution is 5.80. The molecular weight excluding hydrogens is 467 g/mol. The van der Waals surface area contributed by atoms with Crippen LogP contribution in [-0.2, 0) is 12.1 Å². The van der Waals surface area contributed by atoms with Crippen molar-refractivity contribution in [3.63, 3.8) is 0 Å². The minimum Gasteiger partial charge on any atom is -0.406 e. The number of carbonyl (C=O) groups is 1. The SMILES string of the molecule is O=C1NC(c2ccccc2)(c2ccccc2)CN1C1CCN(Cc2cccc(OC(F)(F)F)c2)CC1. The number of hydrogen-bond donors (Lipinski definition) is 1. The molecule has 5 rings (SSSR count). The van der Waals surface area contributed by atoms with Gasteiger partial charge in [-0.25, -0.2) is 4.79 Å². The van der Waals surface area contributed by atoms with Crippen molar-refractivity contribution in [2.24, 2.45) is 0 Å². The second-order valence-corrected chi connectivity index (χ2v) is 9.40. The van der Waals surface area contributed by atoms with Crippen LogP contribution in [0.1, 0.15) is 29.5 Å². The molecule has 2 saturated heterocycles. The van der Waals surface area contributed by atoms with E-state index < -0.39 is 11.9 Å². The van der Waals surface area contributed by atoms with Crippen molar-refractivity contribution >= 4 is 6.03 Å². The summed E-state index contributed by atoms with van der Waals surface area (Å²) in [6, 6.07) is 26.2. The molecule has 2 aliphatic rings. The van der Waals surface area contributed by atoms with Crippen LogP contribution in [0, 0.1) is 0 Å². The van der Waals surface area contributed by atoms with Crippen LogP contribution < -0.4 is 10.1 Å². The maximum absolute atomic E-state index is 13.3. The number of amides is 2. The maximum Gasteiger partial charge on any atom is 0.573 e. The Morgan fingerprint density at radius 1 is 0.889 bits per heavy atom. The van der Waals surface area contributed by atoms with E-state index in [4.69, 9.17) is 0 Å². The molecule has 2 heterocycles. The number of carbonyl (C=O) groups excluding carboxylic acids is 1. The van der Waals surface area contributed by atoms with Crippen molar-refractivity contribution in [1.82, 2.24) is 15.1 Å². The molecule has 3 aromatic rings. The molecule has 3 aromatic carbocycles. The van der Waals surface area contributed by atoms with Crippen molar-refractivity contribution in [2.45, 2.75) is 37.3 Å². The third-order valence-corrected chi connectivity index (χ3v) is 7.06. The summed E-state index contributed by atoms with van der Waals surface area (Å²) in [6.45, 7) is 2.58. The topological polar surface area (TPSA) is 44.8 Å². The van der Waals surface area contributed by atoms with Crippen molar-refractivity contribution in [3.05, 3.63) is 102 Å². The van der Waals surface area contributed by atoms with Gasteiger partial charge in [0.2, 0.25) is 0 Å². The predicted octanol–water partition coefficient (Wildman–Crippen LogP) is 5.52. The third-order valence-electron chi connectivity index (χ3n) is 7.06. The second-order valence-electron chi connectivity index (χ2n) is 9.40. The lowest BCUT2D eigenvalue weighted by atomic mass is 9.83. The summed E-state index contributed by atoms with van der Waals surface area (Å²) in [5.74, 6) is -0.207. The molecule has 36 heavy (non-hydrogen) atoms. The van der Waals surface area contributed by atoms with E-state index in [9.17, 15) is 18.0 Å². The Balaban J connectivity index is 1.26. The Bertz CT molecular complexity index is 1140. The van der Waals surface area contributed by atoms with Crippen LogP contribution in [0.4, 0.5) is 18.0 Å². The van der Waals surface area contributed by atoms with Crippen molar-refractivity contribution in [2.75, 3.05) is 19.6 Å². The molecule has 0 aliphatic carbocycles. The summed E-state index contributed by atoms with van der Waals surface area (Å²) in [5.41, 5.74) is 2.24. The van der Waals surface area contributed by atoms with Gasteiger partial charge in [-0.2, -0.15) is 0 Å². The van der Waals surface area contributed by atoms with E-state index in [0.29, 0.717) is 13.1 Å². The molecule has 2 fully saturated rings. The highest BCUT2D eigenvalue weighted by Gasteiger charge is 2.47. The number of nitrogens with one attached hydrogen (secondary N) is 1. The van der Waals surface area contributed by atoms with Crippen molar-refractivity contribution in [3.8, 4) is 5.75 Å². The van der Waals surface area contributed by atoms with Crippen LogP contribution in [0.15, 0.2) is 84.9 Å². The van der Waals surface area contributed by atoms with Gasteiger partial charge in [0, 0.05) is 25.7 Å². The van der Waals surface area contributed by atoms with Gasteiger partial charge in [0.15, 0.2) is 0 Å². The number of alkyl halides is 3. The summed E-state index contributed by atoms with van der Waals surface area (Å²) >= 11 is 0. The molecule has 0 saturated carbocycles. The molecule has 0 radical (unpaired) electrons. The number of rotatable bonds is 6. The van der Waals surface area contributed by atoms with Gasteiger partial charge in [-0.05, 0) is 41.7 Å². The zero-order chi connectivity index (χ0) is 25.2. The number of piperidine rings is 1. The normalized spacial score (nSPS) is 18.8. The van der Waals surface area contributed by atoms with Gasteiger partial charge in [0.05, 0.1) is 6.54 Å². The number of halogens is 3. The Hall–Kier alpha value is -3.52. The summed E-state index contributed by atoms with van der Waals surface area (Å²) < 4.78 is 41.7. The van der Waals surface area contributed by atoms with E-state index in [1.807, 2.05) is 41.3 Å². The molecule has 188 valence electrons. The molecule has 2 amide bonds. The number of ether oxygens (including phenoxy) is 1. The number of urea groups is 1. The van der Waals surface area contributed by atoms with E-state index in [1.165, 1.54) is 12.1 Å². The fraction of sp³-hybridized carbons (Fsp3) is 0.321. The van der Waals surface area contributed by atoms with E-state index in [1.54, 1.807) is 12.1 Å². The summed E-state index contributed by atoms with van der Waals surface area (Å²) in [5, 5.41) is 3.29. The predicted molar refractivity (Wildman–Crippen MR) is 130 cm³/mol. The van der Waals surface area contributed by atoms with Gasteiger partial charge >= 0.3 is 12.4 Å². The van der Waals surface area contributed by atoms with Gasteiger partial charge in [-0.3, -0.25) is 4.90 Å². The summed E-state index contributed by atoms with van der Waals surface area (Å²) in [7, 11) is 0. The maximum atomic E-state index is 13.3. The smallest absolute Gasteiger partial charge is 0.406 e. The lowest BCUT2D eigenvalue weighted by Gasteiger charge is -2.37. The minimum absolute atomic E-state index is 0.0712. The molecule has 0 aromatic heterocycles. The first-order valence-corrected chi connectivity index (χ1v) is 12.1. The largest absolute Gasteiger partial charge is 0.573 e. The fourth-order valence-electron chi connectivity index (χ4n) is 5.34. The minimum atomic E-state index is -4.71. The first-order chi connectivity index (χ1) is 17.3. The zero-order valence-corrected chi connectivity index (χ0v) is 19.7. The summed E-state index contributed by atoms with van der Waals surface area (Å²) in [6.07, 6.45) is -3.11. The molecule has 8 heteroatoms. The van der Waals surface area contributed by atoms with Crippen LogP contribution in [0.3, 0.4) is 0 Å². The van der Waals surface area contributed by atoms with Crippen LogP contribution >= 0.6 is 0 Å². The lowest BCUT2D eigenvalue weighted by molar-refractivity contribution is -0.274. The van der Waals surface area contributed by atoms with E-state index >= 15 is 0 Å². The van der Waals surface area contributed by atoms with Gasteiger partial charge in [-0.15, -0.1) is 13.2 Å². The molecule has 5 nitrogen and oxygen atoms in total. The highest BCUT2D eigenvalue weighted by atomic mass is 19.4. The fourth-order valence-corrected chi connectivity index (χ4v) is 5.34. The molecular formula is C28H28F3N3O2. The van der Waals surface area contributed by atoms with Crippen LogP contribution in [0.2, 0.25) is 0 Å². The van der Waals surface area contributed by atoms with Gasteiger partial charge < -0.3 is 15.0 Å². The number of nitrogens with zero attached hydrogens (tertiary/aromatic N) is 2. The van der Waals surface area contributed by atoms with Crippen LogP contribution in [-0.4, -0.2) is 47.9 Å². The third kappa shape index (κ3) is 5.18. The summed E-state index contributed by atoms with van der Waals surface area (Å²) in [4.78, 5) is 17.4. The highest BCUT2D eigenvalue weighted by Crippen LogP contribution is 2.37. The van der Waals surface area contributed by atoms with Gasteiger partial charge in [0.1, 0.15) is 11.3 Å². The number of hydrogen-bond acceptors (Lipinski definition) is 3. The standard InChI is InChI=1S/C28H28F3N3O2/c29-28(30,31)36-25-13-7-8-21(18-25)19-33-16-14-24(15-17-33)34-20-27(32-26(34)35,22-9-3-1-4-10-22)23-11-5-2-6-12-23/h1-13,18,24H,14-17,19-20H2,(H,32,35). The Labute approximate surface area is 208 Å². The van der Waals surface area contributed by atoms with Crippen LogP contribution in [0.5, 0.6) is 5.75 Å². The number of benzene rings is 3. The Kier molecular flexibility index (Phi) is 6.62. The number of likely N-dealkylation sites (tertiary alicyclic amines) is 1. The molecule has 0 spiro atoms. The molecule has 0 bridgehead atoms. The lowest BCUT2D eigenvalue weighted by Crippen LogP contribution is -2.46. The first-order valence-electron chi connectivity index (χ1n) is 12.1. The first kappa shape index (κ1) is 24.2. The van der Waals surface area contributed by atoms with E-state index in [-0.39, 0.29) is 17.8 Å². The molecule has 0 unspecified atom stereocenters. The van der Waals surface area contributed by atoms with E-state index in [2.05, 4.69) is 39.2 Å².